The molecule has 2 heterocycles. The summed E-state index contributed by atoms with van der Waals surface area (Å²) in [5.41, 5.74) is -0.0567. The van der Waals surface area contributed by atoms with E-state index in [4.69, 9.17) is 0 Å². The lowest BCUT2D eigenvalue weighted by molar-refractivity contribution is -0.150. The van der Waals surface area contributed by atoms with E-state index < -0.39 is 0 Å². The van der Waals surface area contributed by atoms with Crippen molar-refractivity contribution in [3.8, 4) is 0 Å². The first-order valence-corrected chi connectivity index (χ1v) is 12.4. The van der Waals surface area contributed by atoms with Gasteiger partial charge in [-0.1, -0.05) is 64.7 Å². The Morgan fingerprint density at radius 2 is 1.31 bits per heavy atom. The van der Waals surface area contributed by atoms with Gasteiger partial charge in [-0.2, -0.15) is 0 Å². The number of hydrogen-bond donors (Lipinski definition) is 1. The van der Waals surface area contributed by atoms with Gasteiger partial charge in [0.2, 0.25) is 5.91 Å². The minimum Gasteiger partial charge on any atom is -0.333 e. The smallest absolute Gasteiger partial charge is 0.220 e. The summed E-state index contributed by atoms with van der Waals surface area (Å²) >= 11 is 0. The van der Waals surface area contributed by atoms with Crippen LogP contribution in [0.4, 0.5) is 0 Å². The van der Waals surface area contributed by atoms with Crippen LogP contribution in [0.3, 0.4) is 0 Å². The number of rotatable bonds is 11. The summed E-state index contributed by atoms with van der Waals surface area (Å²) in [6.07, 6.45) is 16.1. The van der Waals surface area contributed by atoms with E-state index >= 15 is 0 Å². The van der Waals surface area contributed by atoms with Gasteiger partial charge in [0.25, 0.3) is 0 Å². The van der Waals surface area contributed by atoms with E-state index in [0.29, 0.717) is 0 Å². The zero-order valence-electron chi connectivity index (χ0n) is 20.4. The first-order chi connectivity index (χ1) is 13.6. The second-order valence-corrected chi connectivity index (χ2v) is 11.2. The third-order valence-corrected chi connectivity index (χ3v) is 7.10. The molecule has 0 atom stereocenters. The normalized spacial score (nSPS) is 23.0. The number of amides is 1. The van der Waals surface area contributed by atoms with Gasteiger partial charge in [0.1, 0.15) is 0 Å². The highest BCUT2D eigenvalue weighted by Gasteiger charge is 2.54. The molecule has 2 saturated heterocycles. The Morgan fingerprint density at radius 1 is 0.828 bits per heavy atom. The fourth-order valence-electron chi connectivity index (χ4n) is 6.59. The van der Waals surface area contributed by atoms with E-state index in [2.05, 4.69) is 49.7 Å². The molecule has 1 N–H and O–H groups in total. The molecule has 2 aliphatic heterocycles. The Balaban J connectivity index is 1.69. The Hall–Kier alpha value is -0.610. The molecule has 2 aliphatic rings. The summed E-state index contributed by atoms with van der Waals surface area (Å²) in [5, 5.41) is 3.87. The lowest BCUT2D eigenvalue weighted by atomic mass is 9.69. The van der Waals surface area contributed by atoms with Crippen LogP contribution in [-0.2, 0) is 4.79 Å². The summed E-state index contributed by atoms with van der Waals surface area (Å²) < 4.78 is 0. The van der Waals surface area contributed by atoms with E-state index in [1.807, 2.05) is 0 Å². The maximum Gasteiger partial charge on any atom is 0.220 e. The molecule has 1 amide bonds. The highest BCUT2D eigenvalue weighted by molar-refractivity contribution is 5.75. The molecule has 0 aromatic heterocycles. The quantitative estimate of drug-likeness (QED) is 0.446. The highest BCUT2D eigenvalue weighted by Crippen LogP contribution is 2.45. The number of nitrogens with one attached hydrogen (secondary N) is 1. The summed E-state index contributed by atoms with van der Waals surface area (Å²) in [6.45, 7) is 16.3. The van der Waals surface area contributed by atoms with Crippen molar-refractivity contribution in [1.82, 2.24) is 15.1 Å². The molecule has 0 unspecified atom stereocenters. The van der Waals surface area contributed by atoms with Gasteiger partial charge in [0, 0.05) is 36.8 Å². The maximum absolute atomic E-state index is 12.3. The number of piperidine rings is 1. The topological polar surface area (TPSA) is 35.6 Å². The van der Waals surface area contributed by atoms with Gasteiger partial charge in [-0.25, -0.2) is 0 Å². The second kappa shape index (κ2) is 10.6. The van der Waals surface area contributed by atoms with Crippen LogP contribution in [0.1, 0.15) is 119 Å². The van der Waals surface area contributed by atoms with Gasteiger partial charge in [-0.15, -0.1) is 0 Å². The third kappa shape index (κ3) is 6.95. The van der Waals surface area contributed by atoms with Crippen LogP contribution in [0.15, 0.2) is 0 Å². The van der Waals surface area contributed by atoms with E-state index in [9.17, 15) is 4.79 Å². The monoisotopic (exact) mass is 407 g/mol. The van der Waals surface area contributed by atoms with Crippen molar-refractivity contribution in [3.63, 3.8) is 0 Å². The van der Waals surface area contributed by atoms with Crippen LogP contribution in [0.2, 0.25) is 0 Å². The van der Waals surface area contributed by atoms with E-state index in [-0.39, 0.29) is 22.5 Å². The number of carbonyl (C=O) groups excluding carboxylic acids is 1. The molecule has 0 aromatic carbocycles. The Bertz CT molecular complexity index is 496. The fraction of sp³-hybridized carbons (Fsp3) is 0.960. The number of likely N-dealkylation sites (tertiary alicyclic amines) is 1. The molecule has 4 nitrogen and oxygen atoms in total. The van der Waals surface area contributed by atoms with E-state index in [1.54, 1.807) is 6.92 Å². The summed E-state index contributed by atoms with van der Waals surface area (Å²) in [4.78, 5) is 17.0. The molecule has 1 spiro atoms. The van der Waals surface area contributed by atoms with Crippen molar-refractivity contribution >= 4 is 5.91 Å². The van der Waals surface area contributed by atoms with Crippen LogP contribution in [0, 0.1) is 0 Å². The second-order valence-electron chi connectivity index (χ2n) is 11.2. The number of hydrogen-bond acceptors (Lipinski definition) is 3. The molecule has 0 aromatic rings. The molecule has 0 aliphatic carbocycles. The molecule has 2 fully saturated rings. The van der Waals surface area contributed by atoms with Crippen LogP contribution in [0.5, 0.6) is 0 Å². The number of carbonyl (C=O) groups is 1. The minimum absolute atomic E-state index is 0.103. The minimum atomic E-state index is -0.103. The molecule has 170 valence electrons. The van der Waals surface area contributed by atoms with Gasteiger partial charge in [0.05, 0.1) is 0 Å². The maximum atomic E-state index is 12.3. The summed E-state index contributed by atoms with van der Waals surface area (Å²) in [5.74, 6) is 0.204. The Kier molecular flexibility index (Phi) is 9.03. The molecule has 29 heavy (non-hydrogen) atoms. The van der Waals surface area contributed by atoms with E-state index in [0.717, 1.165) is 26.1 Å². The zero-order valence-corrected chi connectivity index (χ0v) is 20.4. The van der Waals surface area contributed by atoms with Crippen molar-refractivity contribution in [3.05, 3.63) is 0 Å². The number of nitrogens with zero attached hydrogens (tertiary/aromatic N) is 2. The van der Waals surface area contributed by atoms with Crippen LogP contribution >= 0.6 is 0 Å². The van der Waals surface area contributed by atoms with Gasteiger partial charge in [-0.3, -0.25) is 15.0 Å². The van der Waals surface area contributed by atoms with Crippen LogP contribution in [-0.4, -0.2) is 52.1 Å². The van der Waals surface area contributed by atoms with Crippen molar-refractivity contribution in [1.29, 1.82) is 0 Å². The summed E-state index contributed by atoms with van der Waals surface area (Å²) in [7, 11) is 0. The molecule has 2 rings (SSSR count). The molecule has 0 bridgehead atoms. The average molecular weight is 408 g/mol. The van der Waals surface area contributed by atoms with Gasteiger partial charge >= 0.3 is 0 Å². The summed E-state index contributed by atoms with van der Waals surface area (Å²) in [6, 6.07) is 0. The first kappa shape index (κ1) is 24.7. The largest absolute Gasteiger partial charge is 0.333 e. The van der Waals surface area contributed by atoms with Crippen molar-refractivity contribution in [2.75, 3.05) is 19.8 Å². The van der Waals surface area contributed by atoms with Crippen LogP contribution in [0.25, 0.3) is 0 Å². The van der Waals surface area contributed by atoms with Gasteiger partial charge in [0.15, 0.2) is 0 Å². The SMILES string of the molecule is CCCCCCCCCCCCN1CNC2(C1)CC(C)(C)N(C(C)=O)C(C)(C)C2. The Morgan fingerprint density at radius 3 is 1.79 bits per heavy atom. The average Bonchev–Trinajstić information content (AvgIpc) is 2.95. The van der Waals surface area contributed by atoms with E-state index in [1.165, 1.54) is 70.8 Å². The van der Waals surface area contributed by atoms with Crippen molar-refractivity contribution in [2.45, 2.75) is 135 Å². The third-order valence-electron chi connectivity index (χ3n) is 7.10. The molecule has 0 radical (unpaired) electrons. The van der Waals surface area contributed by atoms with Crippen molar-refractivity contribution < 1.29 is 4.79 Å². The number of unbranched alkanes of at least 4 members (excludes halogenated alkanes) is 9. The van der Waals surface area contributed by atoms with Crippen LogP contribution < -0.4 is 5.32 Å². The lowest BCUT2D eigenvalue weighted by Gasteiger charge is -2.58. The Labute approximate surface area is 181 Å². The van der Waals surface area contributed by atoms with Gasteiger partial charge in [-0.05, 0) is 53.5 Å². The highest BCUT2D eigenvalue weighted by atomic mass is 16.2. The molecular formula is C25H49N3O. The lowest BCUT2D eigenvalue weighted by Crippen LogP contribution is -2.69. The zero-order chi connectivity index (χ0) is 21.5. The standard InChI is InChI=1S/C25H49N3O/c1-7-8-9-10-11-12-13-14-15-16-17-27-20-25(26-21-27)18-23(3,4)28(22(2)29)24(5,6)19-25/h26H,7-21H2,1-6H3. The predicted octanol–water partition coefficient (Wildman–Crippen LogP) is 5.71. The fourth-order valence-corrected chi connectivity index (χ4v) is 6.59. The van der Waals surface area contributed by atoms with Crippen molar-refractivity contribution in [2.24, 2.45) is 0 Å². The molecular weight excluding hydrogens is 358 g/mol. The predicted molar refractivity (Wildman–Crippen MR) is 124 cm³/mol. The molecule has 4 heteroatoms. The first-order valence-electron chi connectivity index (χ1n) is 12.4. The van der Waals surface area contributed by atoms with Gasteiger partial charge < -0.3 is 4.90 Å². The molecule has 0 saturated carbocycles.